The summed E-state index contributed by atoms with van der Waals surface area (Å²) in [5.41, 5.74) is 3.81. The van der Waals surface area contributed by atoms with Gasteiger partial charge in [0, 0.05) is 24.3 Å². The molecule has 0 unspecified atom stereocenters. The minimum absolute atomic E-state index is 0.667. The van der Waals surface area contributed by atoms with Crippen molar-refractivity contribution in [1.29, 1.82) is 0 Å². The third-order valence-corrected chi connectivity index (χ3v) is 5.01. The van der Waals surface area contributed by atoms with Crippen LogP contribution in [0.4, 0.5) is 0 Å². The molecule has 3 heterocycles. The maximum absolute atomic E-state index is 4.78. The van der Waals surface area contributed by atoms with Crippen molar-refractivity contribution in [3.05, 3.63) is 66.0 Å². The van der Waals surface area contributed by atoms with Gasteiger partial charge in [0.15, 0.2) is 0 Å². The van der Waals surface area contributed by atoms with E-state index in [9.17, 15) is 0 Å². The molecule has 1 fully saturated rings. The van der Waals surface area contributed by atoms with Gasteiger partial charge in [-0.3, -0.25) is 0 Å². The van der Waals surface area contributed by atoms with Crippen LogP contribution < -0.4 is 0 Å². The minimum atomic E-state index is 0.667. The molecular formula is C20H23N3. The van der Waals surface area contributed by atoms with Gasteiger partial charge in [-0.25, -0.2) is 4.98 Å². The third kappa shape index (κ3) is 3.02. The molecule has 1 aliphatic heterocycles. The molecule has 3 aromatic rings. The number of pyridine rings is 1. The summed E-state index contributed by atoms with van der Waals surface area (Å²) in [6.45, 7) is 3.26. The Hall–Kier alpha value is -2.13. The number of rotatable bonds is 3. The zero-order chi connectivity index (χ0) is 15.6. The molecule has 1 aromatic carbocycles. The second-order valence-electron chi connectivity index (χ2n) is 6.69. The maximum Gasteiger partial charge on any atom is 0.140 e. The fourth-order valence-corrected chi connectivity index (χ4v) is 3.57. The lowest BCUT2D eigenvalue weighted by Gasteiger charge is -2.29. The number of benzene rings is 1. The molecule has 3 nitrogen and oxygen atoms in total. The number of hydrogen-bond donors (Lipinski definition) is 0. The number of fused-ring (bicyclic) bond motifs is 1. The van der Waals surface area contributed by atoms with Gasteiger partial charge in [-0.2, -0.15) is 0 Å². The van der Waals surface area contributed by atoms with Crippen molar-refractivity contribution in [2.24, 2.45) is 0 Å². The van der Waals surface area contributed by atoms with Crippen molar-refractivity contribution in [3.63, 3.8) is 0 Å². The van der Waals surface area contributed by atoms with Gasteiger partial charge in [0.25, 0.3) is 0 Å². The monoisotopic (exact) mass is 305 g/mol. The van der Waals surface area contributed by atoms with E-state index < -0.39 is 0 Å². The van der Waals surface area contributed by atoms with E-state index in [0.717, 1.165) is 12.2 Å². The van der Waals surface area contributed by atoms with Crippen LogP contribution in [0, 0.1) is 0 Å². The average Bonchev–Trinajstić information content (AvgIpc) is 2.99. The van der Waals surface area contributed by atoms with Crippen molar-refractivity contribution in [2.75, 3.05) is 20.1 Å². The topological polar surface area (TPSA) is 21.1 Å². The fourth-order valence-electron chi connectivity index (χ4n) is 3.57. The third-order valence-electron chi connectivity index (χ3n) is 5.01. The van der Waals surface area contributed by atoms with Crippen LogP contribution in [0.3, 0.4) is 0 Å². The Labute approximate surface area is 137 Å². The van der Waals surface area contributed by atoms with Crippen LogP contribution in [0.15, 0.2) is 54.9 Å². The smallest absolute Gasteiger partial charge is 0.140 e. The SMILES string of the molecule is CN1CCC(c2cnc3c(ccn3Cc3ccccc3)c2)CC1. The Morgan fingerprint density at radius 2 is 1.87 bits per heavy atom. The molecule has 0 saturated carbocycles. The fraction of sp³-hybridized carbons (Fsp3) is 0.350. The molecule has 0 atom stereocenters. The lowest BCUT2D eigenvalue weighted by atomic mass is 9.90. The van der Waals surface area contributed by atoms with Crippen molar-refractivity contribution in [2.45, 2.75) is 25.3 Å². The first-order chi connectivity index (χ1) is 11.3. The van der Waals surface area contributed by atoms with E-state index >= 15 is 0 Å². The summed E-state index contributed by atoms with van der Waals surface area (Å²) < 4.78 is 2.24. The zero-order valence-electron chi connectivity index (χ0n) is 13.7. The zero-order valence-corrected chi connectivity index (χ0v) is 13.7. The summed E-state index contributed by atoms with van der Waals surface area (Å²) in [6.07, 6.45) is 6.74. The van der Waals surface area contributed by atoms with Crippen LogP contribution >= 0.6 is 0 Å². The minimum Gasteiger partial charge on any atom is -0.328 e. The van der Waals surface area contributed by atoms with Crippen LogP contribution in [0.2, 0.25) is 0 Å². The molecule has 2 aromatic heterocycles. The Kier molecular flexibility index (Phi) is 3.88. The van der Waals surface area contributed by atoms with E-state index in [2.05, 4.69) is 71.4 Å². The summed E-state index contributed by atoms with van der Waals surface area (Å²) in [5, 5.41) is 1.26. The van der Waals surface area contributed by atoms with E-state index in [0.29, 0.717) is 5.92 Å². The Morgan fingerprint density at radius 1 is 1.09 bits per heavy atom. The standard InChI is InChI=1S/C20H23N3/c1-22-10-7-17(8-11-22)19-13-18-9-12-23(20(18)21-14-19)15-16-5-3-2-4-6-16/h2-6,9,12-14,17H,7-8,10-11,15H2,1H3. The Balaban J connectivity index is 1.59. The molecule has 0 aliphatic carbocycles. The normalized spacial score (nSPS) is 16.9. The van der Waals surface area contributed by atoms with E-state index in [-0.39, 0.29) is 0 Å². The molecule has 1 aliphatic rings. The Bertz CT molecular complexity index is 783. The molecule has 1 saturated heterocycles. The summed E-state index contributed by atoms with van der Waals surface area (Å²) in [5.74, 6) is 0.667. The van der Waals surface area contributed by atoms with E-state index in [1.165, 1.54) is 42.4 Å². The van der Waals surface area contributed by atoms with Crippen LogP contribution in [-0.4, -0.2) is 34.6 Å². The molecule has 0 amide bonds. The highest BCUT2D eigenvalue weighted by molar-refractivity contribution is 5.77. The summed E-state index contributed by atoms with van der Waals surface area (Å²) in [7, 11) is 2.21. The van der Waals surface area contributed by atoms with Crippen LogP contribution in [0.25, 0.3) is 11.0 Å². The van der Waals surface area contributed by atoms with Gasteiger partial charge in [-0.05, 0) is 62.2 Å². The van der Waals surface area contributed by atoms with E-state index in [4.69, 9.17) is 4.98 Å². The van der Waals surface area contributed by atoms with E-state index in [1.54, 1.807) is 0 Å². The van der Waals surface area contributed by atoms with Crippen LogP contribution in [0.1, 0.15) is 29.9 Å². The van der Waals surface area contributed by atoms with Gasteiger partial charge in [-0.1, -0.05) is 30.3 Å². The number of hydrogen-bond acceptors (Lipinski definition) is 2. The first-order valence-electron chi connectivity index (χ1n) is 8.47. The predicted octanol–water partition coefficient (Wildman–Crippen LogP) is 3.89. The second-order valence-corrected chi connectivity index (χ2v) is 6.69. The van der Waals surface area contributed by atoms with E-state index in [1.807, 2.05) is 0 Å². The summed E-state index contributed by atoms with van der Waals surface area (Å²) in [4.78, 5) is 7.20. The largest absolute Gasteiger partial charge is 0.328 e. The molecule has 4 rings (SSSR count). The first-order valence-corrected chi connectivity index (χ1v) is 8.47. The molecule has 0 spiro atoms. The van der Waals surface area contributed by atoms with Gasteiger partial charge in [-0.15, -0.1) is 0 Å². The van der Waals surface area contributed by atoms with Gasteiger partial charge in [0.1, 0.15) is 5.65 Å². The number of aromatic nitrogens is 2. The van der Waals surface area contributed by atoms with Gasteiger partial charge in [0.2, 0.25) is 0 Å². The highest BCUT2D eigenvalue weighted by Gasteiger charge is 2.19. The average molecular weight is 305 g/mol. The number of likely N-dealkylation sites (tertiary alicyclic amines) is 1. The molecule has 118 valence electrons. The lowest BCUT2D eigenvalue weighted by molar-refractivity contribution is 0.255. The van der Waals surface area contributed by atoms with Crippen LogP contribution in [0.5, 0.6) is 0 Å². The Morgan fingerprint density at radius 3 is 2.65 bits per heavy atom. The molecule has 0 radical (unpaired) electrons. The molecular weight excluding hydrogens is 282 g/mol. The van der Waals surface area contributed by atoms with Gasteiger partial charge < -0.3 is 9.47 Å². The highest BCUT2D eigenvalue weighted by Crippen LogP contribution is 2.29. The number of nitrogens with zero attached hydrogens (tertiary/aromatic N) is 3. The molecule has 23 heavy (non-hydrogen) atoms. The quantitative estimate of drug-likeness (QED) is 0.732. The molecule has 0 bridgehead atoms. The summed E-state index contributed by atoms with van der Waals surface area (Å²) >= 11 is 0. The highest BCUT2D eigenvalue weighted by atomic mass is 15.1. The maximum atomic E-state index is 4.78. The van der Waals surface area contributed by atoms with Crippen molar-refractivity contribution < 1.29 is 0 Å². The number of piperidine rings is 1. The lowest BCUT2D eigenvalue weighted by Crippen LogP contribution is -2.29. The summed E-state index contributed by atoms with van der Waals surface area (Å²) in [6, 6.07) is 15.1. The van der Waals surface area contributed by atoms with Crippen molar-refractivity contribution in [3.8, 4) is 0 Å². The van der Waals surface area contributed by atoms with Crippen molar-refractivity contribution >= 4 is 11.0 Å². The van der Waals surface area contributed by atoms with Gasteiger partial charge in [0.05, 0.1) is 0 Å². The first kappa shape index (κ1) is 14.5. The predicted molar refractivity (Wildman–Crippen MR) is 94.7 cm³/mol. The second kappa shape index (κ2) is 6.17. The molecule has 3 heteroatoms. The molecule has 0 N–H and O–H groups in total. The van der Waals surface area contributed by atoms with Crippen molar-refractivity contribution in [1.82, 2.24) is 14.5 Å². The van der Waals surface area contributed by atoms with Gasteiger partial charge >= 0.3 is 0 Å². The van der Waals surface area contributed by atoms with Crippen LogP contribution in [-0.2, 0) is 6.54 Å².